The molecule has 0 spiro atoms. The lowest BCUT2D eigenvalue weighted by molar-refractivity contribution is -0.0680. The summed E-state index contributed by atoms with van der Waals surface area (Å²) in [5, 5.41) is 9.04. The smallest absolute Gasteiger partial charge is 0.139 e. The van der Waals surface area contributed by atoms with Gasteiger partial charge in [0.15, 0.2) is 0 Å². The summed E-state index contributed by atoms with van der Waals surface area (Å²) in [6.07, 6.45) is 3.41. The van der Waals surface area contributed by atoms with Crippen LogP contribution in [0.25, 0.3) is 0 Å². The molecule has 0 aromatic heterocycles. The molecule has 0 aromatic rings. The third-order valence-electron chi connectivity index (χ3n) is 2.99. The Labute approximate surface area is 62.0 Å². The van der Waals surface area contributed by atoms with Crippen LogP contribution >= 0.6 is 0 Å². The predicted octanol–water partition coefficient (Wildman–Crippen LogP) is -0.493. The van der Waals surface area contributed by atoms with Crippen LogP contribution in [-0.2, 0) is 4.74 Å². The van der Waals surface area contributed by atoms with E-state index in [0.717, 1.165) is 18.8 Å². The van der Waals surface area contributed by atoms with Gasteiger partial charge in [0.05, 0.1) is 12.2 Å². The normalized spacial score (nSPS) is 52.1. The molecule has 56 valence electrons. The zero-order valence-electron chi connectivity index (χ0n) is 6.34. The van der Waals surface area contributed by atoms with Crippen molar-refractivity contribution < 1.29 is 9.84 Å². The van der Waals surface area contributed by atoms with Gasteiger partial charge < -0.3 is 9.84 Å². The summed E-state index contributed by atoms with van der Waals surface area (Å²) < 4.78 is 5.65. The van der Waals surface area contributed by atoms with E-state index in [1.165, 1.54) is 6.42 Å². The van der Waals surface area contributed by atoms with Crippen molar-refractivity contribution in [3.63, 3.8) is 0 Å². The maximum Gasteiger partial charge on any atom is 0.139 e. The second-order valence-electron chi connectivity index (χ2n) is 3.67. The highest BCUT2D eigenvalue weighted by atomic mass is 16.5. The topological polar surface area (TPSA) is 29.5 Å². The van der Waals surface area contributed by atoms with Gasteiger partial charge in [-0.05, 0) is 25.2 Å². The number of aliphatic hydroxyl groups is 1. The molecule has 1 heterocycles. The number of hydrogen-bond acceptors (Lipinski definition) is 2. The molecule has 2 aliphatic rings. The van der Waals surface area contributed by atoms with Gasteiger partial charge in [-0.25, -0.2) is 0 Å². The fourth-order valence-electron chi connectivity index (χ4n) is 2.31. The van der Waals surface area contributed by atoms with E-state index in [1.807, 2.05) is 0 Å². The number of fused-ring (bicyclic) bond motifs is 2. The largest absolute Gasteiger partial charge is 0.393 e. The summed E-state index contributed by atoms with van der Waals surface area (Å²) in [5.74, 6) is 0.729. The lowest BCUT2D eigenvalue weighted by Crippen LogP contribution is -2.34. The highest BCUT2D eigenvalue weighted by Crippen LogP contribution is 2.46. The number of aliphatic hydroxyl groups excluding tert-OH is 1. The summed E-state index contributed by atoms with van der Waals surface area (Å²) in [7, 11) is 2.11. The van der Waals surface area contributed by atoms with E-state index in [-0.39, 0.29) is 12.2 Å². The minimum atomic E-state index is -0.121. The van der Waals surface area contributed by atoms with E-state index in [2.05, 4.69) is 7.85 Å². The second kappa shape index (κ2) is 1.99. The molecule has 0 radical (unpaired) electrons. The molecule has 2 fully saturated rings. The van der Waals surface area contributed by atoms with Crippen LogP contribution in [0.2, 0.25) is 0 Å². The SMILES string of the molecule is B[C@@H]1O[C@@]2(CO)CC[C@@H]1C2. The van der Waals surface area contributed by atoms with Crippen LogP contribution in [0.1, 0.15) is 19.3 Å². The Morgan fingerprint density at radius 1 is 1.70 bits per heavy atom. The van der Waals surface area contributed by atoms with Crippen LogP contribution in [-0.4, -0.2) is 31.2 Å². The van der Waals surface area contributed by atoms with E-state index < -0.39 is 0 Å². The molecule has 1 saturated heterocycles. The van der Waals surface area contributed by atoms with Crippen LogP contribution in [0.4, 0.5) is 0 Å². The molecule has 10 heavy (non-hydrogen) atoms. The Bertz CT molecular complexity index is 147. The Kier molecular flexibility index (Phi) is 1.33. The predicted molar refractivity (Wildman–Crippen MR) is 40.6 cm³/mol. The second-order valence-corrected chi connectivity index (χ2v) is 3.67. The minimum absolute atomic E-state index is 0.121. The molecule has 2 rings (SSSR count). The monoisotopic (exact) mass is 140 g/mol. The van der Waals surface area contributed by atoms with Crippen LogP contribution in [0.5, 0.6) is 0 Å². The third kappa shape index (κ3) is 0.737. The first-order valence-corrected chi connectivity index (χ1v) is 4.04. The van der Waals surface area contributed by atoms with Gasteiger partial charge in [-0.15, -0.1) is 0 Å². The fraction of sp³-hybridized carbons (Fsp3) is 1.00. The van der Waals surface area contributed by atoms with Crippen molar-refractivity contribution in [2.75, 3.05) is 6.61 Å². The number of ether oxygens (including phenoxy) is 1. The summed E-state index contributed by atoms with van der Waals surface area (Å²) in [6.45, 7) is 0.216. The third-order valence-corrected chi connectivity index (χ3v) is 2.99. The highest BCUT2D eigenvalue weighted by molar-refractivity contribution is 6.11. The van der Waals surface area contributed by atoms with Gasteiger partial charge in [-0.1, -0.05) is 0 Å². The summed E-state index contributed by atoms with van der Waals surface area (Å²) in [5.41, 5.74) is -0.121. The molecule has 2 bridgehead atoms. The van der Waals surface area contributed by atoms with Crippen molar-refractivity contribution in [1.82, 2.24) is 0 Å². The maximum absolute atomic E-state index is 9.04. The fourth-order valence-corrected chi connectivity index (χ4v) is 2.31. The van der Waals surface area contributed by atoms with Crippen molar-refractivity contribution in [1.29, 1.82) is 0 Å². The van der Waals surface area contributed by atoms with E-state index in [1.54, 1.807) is 0 Å². The zero-order chi connectivity index (χ0) is 7.19. The minimum Gasteiger partial charge on any atom is -0.393 e. The van der Waals surface area contributed by atoms with Crippen LogP contribution in [0.3, 0.4) is 0 Å². The first-order chi connectivity index (χ1) is 4.76. The maximum atomic E-state index is 9.04. The van der Waals surface area contributed by atoms with E-state index in [0.29, 0.717) is 6.00 Å². The molecule has 1 aliphatic heterocycles. The molecule has 0 amide bonds. The Balaban J connectivity index is 2.14. The first kappa shape index (κ1) is 6.68. The van der Waals surface area contributed by atoms with Gasteiger partial charge >= 0.3 is 0 Å². The molecule has 0 aromatic carbocycles. The van der Waals surface area contributed by atoms with Crippen LogP contribution in [0.15, 0.2) is 0 Å². The van der Waals surface area contributed by atoms with Crippen LogP contribution < -0.4 is 0 Å². The van der Waals surface area contributed by atoms with Gasteiger partial charge in [0.25, 0.3) is 0 Å². The first-order valence-electron chi connectivity index (χ1n) is 4.04. The zero-order valence-corrected chi connectivity index (χ0v) is 6.34. The Hall–Kier alpha value is -0.0151. The van der Waals surface area contributed by atoms with Gasteiger partial charge in [0.2, 0.25) is 0 Å². The molecule has 1 aliphatic carbocycles. The van der Waals surface area contributed by atoms with Crippen molar-refractivity contribution >= 4 is 7.85 Å². The molecule has 1 N–H and O–H groups in total. The lowest BCUT2D eigenvalue weighted by Gasteiger charge is -2.27. The summed E-state index contributed by atoms with van der Waals surface area (Å²) in [6, 6.07) is 0.390. The lowest BCUT2D eigenvalue weighted by atomic mass is 9.87. The average molecular weight is 140 g/mol. The Morgan fingerprint density at radius 3 is 2.80 bits per heavy atom. The number of rotatable bonds is 1. The van der Waals surface area contributed by atoms with Crippen molar-refractivity contribution in [3.05, 3.63) is 0 Å². The highest BCUT2D eigenvalue weighted by Gasteiger charge is 2.49. The van der Waals surface area contributed by atoms with E-state index in [9.17, 15) is 0 Å². The van der Waals surface area contributed by atoms with Gasteiger partial charge in [0.1, 0.15) is 7.85 Å². The van der Waals surface area contributed by atoms with Gasteiger partial charge in [-0.2, -0.15) is 0 Å². The van der Waals surface area contributed by atoms with E-state index >= 15 is 0 Å². The van der Waals surface area contributed by atoms with Crippen LogP contribution in [0, 0.1) is 5.92 Å². The van der Waals surface area contributed by atoms with Crippen molar-refractivity contribution in [3.8, 4) is 0 Å². The van der Waals surface area contributed by atoms with Gasteiger partial charge in [-0.3, -0.25) is 0 Å². The molecular weight excluding hydrogens is 127 g/mol. The molecule has 3 atom stereocenters. The molecule has 3 heteroatoms. The molecular formula is C7H13BO2. The molecule has 1 saturated carbocycles. The standard InChI is InChI=1S/C7H13BO2/c8-6-5-1-2-7(3-5,4-9)10-6/h5-6,9H,1-4,8H2/t5-,6-,7+/m1/s1. The van der Waals surface area contributed by atoms with E-state index in [4.69, 9.17) is 9.84 Å². The summed E-state index contributed by atoms with van der Waals surface area (Å²) in [4.78, 5) is 0. The summed E-state index contributed by atoms with van der Waals surface area (Å²) >= 11 is 0. The van der Waals surface area contributed by atoms with Crippen molar-refractivity contribution in [2.24, 2.45) is 5.92 Å². The average Bonchev–Trinajstić information content (AvgIpc) is 2.45. The quantitative estimate of drug-likeness (QED) is 0.498. The number of hydrogen-bond donors (Lipinski definition) is 1. The van der Waals surface area contributed by atoms with Gasteiger partial charge in [0, 0.05) is 6.00 Å². The molecule has 2 nitrogen and oxygen atoms in total. The Morgan fingerprint density at radius 2 is 2.50 bits per heavy atom. The molecule has 0 unspecified atom stereocenters. The van der Waals surface area contributed by atoms with Crippen molar-refractivity contribution in [2.45, 2.75) is 30.9 Å².